The quantitative estimate of drug-likeness (QED) is 0.702. The molecule has 0 aromatic carbocycles. The Morgan fingerprint density at radius 1 is 1.62 bits per heavy atom. The van der Waals surface area contributed by atoms with Crippen molar-refractivity contribution in [2.45, 2.75) is 0 Å². The largest absolute Gasteiger partial charge is 0.366 e. The van der Waals surface area contributed by atoms with Gasteiger partial charge >= 0.3 is 0 Å². The molecule has 0 amide bonds. The maximum atomic E-state index is 4.27. The lowest BCUT2D eigenvalue weighted by Gasteiger charge is -2.10. The predicted molar refractivity (Wildman–Crippen MR) is 55.0 cm³/mol. The minimum atomic E-state index is 0.703. The van der Waals surface area contributed by atoms with Gasteiger partial charge in [-0.3, -0.25) is 0 Å². The molecule has 1 heterocycles. The molecule has 0 unspecified atom stereocenters. The van der Waals surface area contributed by atoms with Crippen LogP contribution in [0.4, 0.5) is 11.8 Å². The number of rotatable bonds is 4. The van der Waals surface area contributed by atoms with Crippen LogP contribution in [0.15, 0.2) is 24.9 Å². The van der Waals surface area contributed by atoms with Crippen LogP contribution in [-0.2, 0) is 0 Å². The van der Waals surface area contributed by atoms with Crippen molar-refractivity contribution in [3.05, 3.63) is 24.9 Å². The highest BCUT2D eigenvalue weighted by molar-refractivity contribution is 5.40. The van der Waals surface area contributed by atoms with Gasteiger partial charge in [-0.25, -0.2) is 4.98 Å². The van der Waals surface area contributed by atoms with Crippen LogP contribution in [0, 0.1) is 0 Å². The first kappa shape index (κ1) is 9.51. The summed E-state index contributed by atoms with van der Waals surface area (Å²) in [6.07, 6.45) is 3.52. The zero-order chi connectivity index (χ0) is 9.68. The van der Waals surface area contributed by atoms with E-state index in [0.717, 1.165) is 5.82 Å². The Balaban J connectivity index is 2.73. The fourth-order valence-electron chi connectivity index (χ4n) is 0.839. The minimum Gasteiger partial charge on any atom is -0.366 e. The van der Waals surface area contributed by atoms with Gasteiger partial charge in [0.2, 0.25) is 5.95 Å². The van der Waals surface area contributed by atoms with Crippen molar-refractivity contribution in [1.82, 2.24) is 9.97 Å². The first-order chi connectivity index (χ1) is 6.24. The van der Waals surface area contributed by atoms with E-state index in [9.17, 15) is 0 Å². The van der Waals surface area contributed by atoms with Crippen molar-refractivity contribution in [2.75, 3.05) is 30.9 Å². The van der Waals surface area contributed by atoms with Gasteiger partial charge in [0.05, 0.1) is 0 Å². The molecule has 0 atom stereocenters. The molecule has 0 fully saturated rings. The number of hydrogen-bond acceptors (Lipinski definition) is 4. The Morgan fingerprint density at radius 2 is 2.38 bits per heavy atom. The molecule has 1 N–H and O–H groups in total. The van der Waals surface area contributed by atoms with Gasteiger partial charge in [-0.15, -0.1) is 6.58 Å². The molecule has 0 aliphatic heterocycles. The zero-order valence-electron chi connectivity index (χ0n) is 7.99. The van der Waals surface area contributed by atoms with E-state index in [1.54, 1.807) is 12.3 Å². The maximum absolute atomic E-state index is 4.27. The van der Waals surface area contributed by atoms with E-state index in [0.29, 0.717) is 12.5 Å². The lowest BCUT2D eigenvalue weighted by molar-refractivity contribution is 0.996. The van der Waals surface area contributed by atoms with Crippen LogP contribution < -0.4 is 10.2 Å². The van der Waals surface area contributed by atoms with Crippen LogP contribution in [0.2, 0.25) is 0 Å². The highest BCUT2D eigenvalue weighted by Gasteiger charge is 1.98. The minimum absolute atomic E-state index is 0.703. The lowest BCUT2D eigenvalue weighted by Crippen LogP contribution is -2.13. The Kier molecular flexibility index (Phi) is 3.25. The SMILES string of the molecule is C=CCNc1ccnc(N(C)C)n1. The predicted octanol–water partition coefficient (Wildman–Crippen LogP) is 1.14. The number of nitrogens with one attached hydrogen (secondary N) is 1. The molecule has 1 aromatic rings. The van der Waals surface area contributed by atoms with E-state index >= 15 is 0 Å². The Bertz CT molecular complexity index is 283. The number of anilines is 2. The first-order valence-corrected chi connectivity index (χ1v) is 4.09. The molecule has 4 nitrogen and oxygen atoms in total. The summed E-state index contributed by atoms with van der Waals surface area (Å²) in [4.78, 5) is 10.2. The summed E-state index contributed by atoms with van der Waals surface area (Å²) in [6, 6.07) is 1.83. The molecule has 0 aliphatic rings. The third-order valence-electron chi connectivity index (χ3n) is 1.47. The van der Waals surface area contributed by atoms with Crippen LogP contribution in [0.1, 0.15) is 0 Å². The average Bonchev–Trinajstić information content (AvgIpc) is 2.15. The lowest BCUT2D eigenvalue weighted by atomic mass is 10.5. The number of hydrogen-bond donors (Lipinski definition) is 1. The van der Waals surface area contributed by atoms with Crippen molar-refractivity contribution in [3.63, 3.8) is 0 Å². The number of nitrogens with zero attached hydrogens (tertiary/aromatic N) is 3. The second-order valence-corrected chi connectivity index (χ2v) is 2.81. The highest BCUT2D eigenvalue weighted by Crippen LogP contribution is 2.06. The van der Waals surface area contributed by atoms with E-state index in [4.69, 9.17) is 0 Å². The van der Waals surface area contributed by atoms with Crippen LogP contribution in [0.5, 0.6) is 0 Å². The molecule has 0 radical (unpaired) electrons. The molecule has 0 spiro atoms. The monoisotopic (exact) mass is 178 g/mol. The third kappa shape index (κ3) is 2.74. The molecular formula is C9H14N4. The van der Waals surface area contributed by atoms with Crippen molar-refractivity contribution in [1.29, 1.82) is 0 Å². The Labute approximate surface area is 78.3 Å². The number of aromatic nitrogens is 2. The molecule has 0 saturated heterocycles. The van der Waals surface area contributed by atoms with Crippen LogP contribution >= 0.6 is 0 Å². The fraction of sp³-hybridized carbons (Fsp3) is 0.333. The Hall–Kier alpha value is -1.58. The summed E-state index contributed by atoms with van der Waals surface area (Å²) in [5.74, 6) is 1.52. The maximum Gasteiger partial charge on any atom is 0.226 e. The van der Waals surface area contributed by atoms with Crippen molar-refractivity contribution in [2.24, 2.45) is 0 Å². The van der Waals surface area contributed by atoms with E-state index in [2.05, 4.69) is 21.9 Å². The molecule has 1 aromatic heterocycles. The molecular weight excluding hydrogens is 164 g/mol. The van der Waals surface area contributed by atoms with E-state index < -0.39 is 0 Å². The van der Waals surface area contributed by atoms with E-state index in [-0.39, 0.29) is 0 Å². The molecule has 0 aliphatic carbocycles. The molecule has 0 bridgehead atoms. The topological polar surface area (TPSA) is 41.1 Å². The zero-order valence-corrected chi connectivity index (χ0v) is 7.99. The van der Waals surface area contributed by atoms with Gasteiger partial charge < -0.3 is 10.2 Å². The molecule has 0 saturated carbocycles. The summed E-state index contributed by atoms with van der Waals surface area (Å²) in [7, 11) is 3.82. The molecule has 4 heteroatoms. The van der Waals surface area contributed by atoms with Gasteiger partial charge in [0.25, 0.3) is 0 Å². The first-order valence-electron chi connectivity index (χ1n) is 4.09. The highest BCUT2D eigenvalue weighted by atomic mass is 15.2. The molecule has 70 valence electrons. The van der Waals surface area contributed by atoms with Gasteiger partial charge in [-0.2, -0.15) is 4.98 Å². The summed E-state index contributed by atoms with van der Waals surface area (Å²) in [5, 5.41) is 3.09. The van der Waals surface area contributed by atoms with Crippen LogP contribution in [0.25, 0.3) is 0 Å². The second kappa shape index (κ2) is 4.45. The standard InChI is InChI=1S/C9H14N4/c1-4-6-10-8-5-7-11-9(12-8)13(2)3/h4-5,7H,1,6H2,2-3H3,(H,10,11,12). The van der Waals surface area contributed by atoms with E-state index in [1.165, 1.54) is 0 Å². The van der Waals surface area contributed by atoms with Crippen molar-refractivity contribution < 1.29 is 0 Å². The summed E-state index contributed by atoms with van der Waals surface area (Å²) >= 11 is 0. The van der Waals surface area contributed by atoms with E-state index in [1.807, 2.05) is 25.1 Å². The molecule has 13 heavy (non-hydrogen) atoms. The average molecular weight is 178 g/mol. The summed E-state index contributed by atoms with van der Waals surface area (Å²) < 4.78 is 0. The second-order valence-electron chi connectivity index (χ2n) is 2.81. The summed E-state index contributed by atoms with van der Waals surface area (Å²) in [5.41, 5.74) is 0. The fourth-order valence-corrected chi connectivity index (χ4v) is 0.839. The smallest absolute Gasteiger partial charge is 0.226 e. The van der Waals surface area contributed by atoms with Gasteiger partial charge in [-0.1, -0.05) is 6.08 Å². The van der Waals surface area contributed by atoms with Gasteiger partial charge in [0.15, 0.2) is 0 Å². The Morgan fingerprint density at radius 3 is 3.00 bits per heavy atom. The summed E-state index contributed by atoms with van der Waals surface area (Å²) in [6.45, 7) is 4.33. The van der Waals surface area contributed by atoms with Gasteiger partial charge in [0, 0.05) is 26.8 Å². The third-order valence-corrected chi connectivity index (χ3v) is 1.47. The van der Waals surface area contributed by atoms with Gasteiger partial charge in [0.1, 0.15) is 5.82 Å². The van der Waals surface area contributed by atoms with Crippen LogP contribution in [-0.4, -0.2) is 30.6 Å². The molecule has 1 rings (SSSR count). The van der Waals surface area contributed by atoms with Crippen molar-refractivity contribution >= 4 is 11.8 Å². The normalized spacial score (nSPS) is 9.38. The van der Waals surface area contributed by atoms with Crippen molar-refractivity contribution in [3.8, 4) is 0 Å². The van der Waals surface area contributed by atoms with Crippen LogP contribution in [0.3, 0.4) is 0 Å². The van der Waals surface area contributed by atoms with Gasteiger partial charge in [-0.05, 0) is 6.07 Å².